The standard InChI is InChI=1S/C11H17BrN2OS/c1-8(4-6-14(2)3)13-11(15)10-9(12)5-7-16-10/h5,7-8H,4,6H2,1-3H3,(H,13,15). The Morgan fingerprint density at radius 3 is 2.81 bits per heavy atom. The molecular formula is C11H17BrN2OS. The van der Waals surface area contributed by atoms with Gasteiger partial charge in [-0.05, 0) is 61.4 Å². The van der Waals surface area contributed by atoms with E-state index in [1.54, 1.807) is 0 Å². The first kappa shape index (κ1) is 13.7. The Kier molecular flexibility index (Phi) is 5.44. The van der Waals surface area contributed by atoms with Gasteiger partial charge in [0.05, 0.1) is 0 Å². The number of nitrogens with zero attached hydrogens (tertiary/aromatic N) is 1. The summed E-state index contributed by atoms with van der Waals surface area (Å²) in [6, 6.07) is 2.09. The summed E-state index contributed by atoms with van der Waals surface area (Å²) >= 11 is 4.82. The molecule has 1 heterocycles. The number of hydrogen-bond acceptors (Lipinski definition) is 3. The minimum absolute atomic E-state index is 0.00753. The molecule has 1 amide bonds. The van der Waals surface area contributed by atoms with E-state index in [4.69, 9.17) is 0 Å². The first-order valence-corrected chi connectivity index (χ1v) is 6.86. The Labute approximate surface area is 109 Å². The molecule has 3 nitrogen and oxygen atoms in total. The van der Waals surface area contributed by atoms with Crippen molar-refractivity contribution < 1.29 is 4.79 Å². The highest BCUT2D eigenvalue weighted by atomic mass is 79.9. The van der Waals surface area contributed by atoms with Gasteiger partial charge in [0.2, 0.25) is 0 Å². The summed E-state index contributed by atoms with van der Waals surface area (Å²) in [5.74, 6) is 0.00753. The third-order valence-corrected chi connectivity index (χ3v) is 4.05. The second-order valence-corrected chi connectivity index (χ2v) is 5.83. The predicted molar refractivity (Wildman–Crippen MR) is 72.1 cm³/mol. The molecule has 5 heteroatoms. The molecule has 1 rings (SSSR count). The number of amides is 1. The van der Waals surface area contributed by atoms with Crippen molar-refractivity contribution in [3.05, 3.63) is 20.8 Å². The van der Waals surface area contributed by atoms with Gasteiger partial charge in [-0.2, -0.15) is 0 Å². The maximum atomic E-state index is 11.8. The van der Waals surface area contributed by atoms with Gasteiger partial charge in [-0.3, -0.25) is 4.79 Å². The van der Waals surface area contributed by atoms with Crippen LogP contribution in [0.4, 0.5) is 0 Å². The molecule has 0 spiro atoms. The van der Waals surface area contributed by atoms with Crippen LogP contribution in [0.3, 0.4) is 0 Å². The van der Waals surface area contributed by atoms with Crippen molar-refractivity contribution in [2.45, 2.75) is 19.4 Å². The molecule has 16 heavy (non-hydrogen) atoms. The number of thiophene rings is 1. The molecule has 0 saturated heterocycles. The van der Waals surface area contributed by atoms with Crippen LogP contribution in [0, 0.1) is 0 Å². The number of halogens is 1. The first-order valence-electron chi connectivity index (χ1n) is 5.19. The van der Waals surface area contributed by atoms with Crippen LogP contribution in [-0.4, -0.2) is 37.5 Å². The highest BCUT2D eigenvalue weighted by Crippen LogP contribution is 2.22. The second kappa shape index (κ2) is 6.37. The molecule has 0 radical (unpaired) electrons. The Bertz CT molecular complexity index is 352. The molecule has 0 saturated carbocycles. The number of hydrogen-bond donors (Lipinski definition) is 1. The van der Waals surface area contributed by atoms with Crippen LogP contribution < -0.4 is 5.32 Å². The summed E-state index contributed by atoms with van der Waals surface area (Å²) in [4.78, 5) is 14.7. The van der Waals surface area contributed by atoms with Gasteiger partial charge in [0.15, 0.2) is 0 Å². The fourth-order valence-corrected chi connectivity index (χ4v) is 2.72. The zero-order valence-electron chi connectivity index (χ0n) is 9.79. The van der Waals surface area contributed by atoms with Gasteiger partial charge in [0.25, 0.3) is 5.91 Å². The molecule has 0 fully saturated rings. The SMILES string of the molecule is CC(CCN(C)C)NC(=O)c1sccc1Br. The molecular weight excluding hydrogens is 288 g/mol. The van der Waals surface area contributed by atoms with Crippen molar-refractivity contribution in [3.63, 3.8) is 0 Å². The minimum Gasteiger partial charge on any atom is -0.349 e. The topological polar surface area (TPSA) is 32.3 Å². The molecule has 1 N–H and O–H groups in total. The molecule has 1 aromatic heterocycles. The molecule has 0 bridgehead atoms. The second-order valence-electron chi connectivity index (χ2n) is 4.06. The number of carbonyl (C=O) groups is 1. The van der Waals surface area contributed by atoms with Crippen LogP contribution in [-0.2, 0) is 0 Å². The lowest BCUT2D eigenvalue weighted by molar-refractivity contribution is 0.0940. The van der Waals surface area contributed by atoms with Crippen LogP contribution in [0.25, 0.3) is 0 Å². The van der Waals surface area contributed by atoms with Crippen molar-refractivity contribution in [3.8, 4) is 0 Å². The Morgan fingerprint density at radius 2 is 2.31 bits per heavy atom. The Morgan fingerprint density at radius 1 is 1.62 bits per heavy atom. The van der Waals surface area contributed by atoms with E-state index in [0.717, 1.165) is 22.3 Å². The summed E-state index contributed by atoms with van der Waals surface area (Å²) in [5.41, 5.74) is 0. The van der Waals surface area contributed by atoms with E-state index < -0.39 is 0 Å². The average Bonchev–Trinajstić information content (AvgIpc) is 2.61. The van der Waals surface area contributed by atoms with Crippen LogP contribution in [0.2, 0.25) is 0 Å². The molecule has 0 aromatic carbocycles. The summed E-state index contributed by atoms with van der Waals surface area (Å²) in [6.07, 6.45) is 0.960. The van der Waals surface area contributed by atoms with Gasteiger partial charge < -0.3 is 10.2 Å². The van der Waals surface area contributed by atoms with Crippen LogP contribution in [0.15, 0.2) is 15.9 Å². The van der Waals surface area contributed by atoms with Gasteiger partial charge in [-0.15, -0.1) is 11.3 Å². The van der Waals surface area contributed by atoms with Crippen molar-refractivity contribution in [2.24, 2.45) is 0 Å². The van der Waals surface area contributed by atoms with Gasteiger partial charge >= 0.3 is 0 Å². The van der Waals surface area contributed by atoms with Crippen LogP contribution >= 0.6 is 27.3 Å². The Balaban J connectivity index is 2.43. The van der Waals surface area contributed by atoms with Gasteiger partial charge in [-0.25, -0.2) is 0 Å². The van der Waals surface area contributed by atoms with E-state index in [0.29, 0.717) is 0 Å². The largest absolute Gasteiger partial charge is 0.349 e. The smallest absolute Gasteiger partial charge is 0.262 e. The minimum atomic E-state index is 0.00753. The predicted octanol–water partition coefficient (Wildman–Crippen LogP) is 2.58. The lowest BCUT2D eigenvalue weighted by atomic mass is 10.2. The zero-order chi connectivity index (χ0) is 12.1. The maximum absolute atomic E-state index is 11.8. The monoisotopic (exact) mass is 304 g/mol. The number of rotatable bonds is 5. The van der Waals surface area contributed by atoms with Crippen molar-refractivity contribution >= 4 is 33.2 Å². The molecule has 1 unspecified atom stereocenters. The molecule has 0 aliphatic heterocycles. The van der Waals surface area contributed by atoms with Gasteiger partial charge in [0.1, 0.15) is 4.88 Å². The molecule has 1 atom stereocenters. The van der Waals surface area contributed by atoms with Gasteiger partial charge in [0, 0.05) is 10.5 Å². The average molecular weight is 305 g/mol. The van der Waals surface area contributed by atoms with E-state index in [2.05, 4.69) is 26.1 Å². The molecule has 90 valence electrons. The molecule has 0 aliphatic carbocycles. The van der Waals surface area contributed by atoms with E-state index in [-0.39, 0.29) is 11.9 Å². The first-order chi connectivity index (χ1) is 7.50. The number of nitrogens with one attached hydrogen (secondary N) is 1. The third kappa shape index (κ3) is 4.23. The normalized spacial score (nSPS) is 12.8. The van der Waals surface area contributed by atoms with E-state index >= 15 is 0 Å². The van der Waals surface area contributed by atoms with Gasteiger partial charge in [-0.1, -0.05) is 0 Å². The summed E-state index contributed by atoms with van der Waals surface area (Å²) in [7, 11) is 4.06. The van der Waals surface area contributed by atoms with Crippen LogP contribution in [0.1, 0.15) is 23.0 Å². The van der Waals surface area contributed by atoms with E-state index in [1.165, 1.54) is 11.3 Å². The highest BCUT2D eigenvalue weighted by Gasteiger charge is 2.13. The number of carbonyl (C=O) groups excluding carboxylic acids is 1. The van der Waals surface area contributed by atoms with Crippen LogP contribution in [0.5, 0.6) is 0 Å². The zero-order valence-corrected chi connectivity index (χ0v) is 12.2. The third-order valence-electron chi connectivity index (χ3n) is 2.21. The van der Waals surface area contributed by atoms with E-state index in [1.807, 2.05) is 32.5 Å². The van der Waals surface area contributed by atoms with E-state index in [9.17, 15) is 4.79 Å². The lowest BCUT2D eigenvalue weighted by Crippen LogP contribution is -2.34. The fourth-order valence-electron chi connectivity index (χ4n) is 1.27. The quantitative estimate of drug-likeness (QED) is 0.907. The fraction of sp³-hybridized carbons (Fsp3) is 0.545. The lowest BCUT2D eigenvalue weighted by Gasteiger charge is -2.16. The molecule has 1 aromatic rings. The van der Waals surface area contributed by atoms with Crippen molar-refractivity contribution in [2.75, 3.05) is 20.6 Å². The highest BCUT2D eigenvalue weighted by molar-refractivity contribution is 9.10. The summed E-state index contributed by atoms with van der Waals surface area (Å²) in [5, 5.41) is 4.90. The summed E-state index contributed by atoms with van der Waals surface area (Å²) < 4.78 is 0.870. The van der Waals surface area contributed by atoms with Crippen molar-refractivity contribution in [1.82, 2.24) is 10.2 Å². The Hall–Kier alpha value is -0.390. The summed E-state index contributed by atoms with van der Waals surface area (Å²) in [6.45, 7) is 3.01. The maximum Gasteiger partial charge on any atom is 0.262 e. The van der Waals surface area contributed by atoms with Crippen molar-refractivity contribution in [1.29, 1.82) is 0 Å². The molecule has 0 aliphatic rings.